The van der Waals surface area contributed by atoms with Crippen LogP contribution in [0.15, 0.2) is 22.9 Å². The molecule has 0 aliphatic rings. The van der Waals surface area contributed by atoms with E-state index in [4.69, 9.17) is 10.5 Å². The Morgan fingerprint density at radius 2 is 2.24 bits per heavy atom. The molecule has 6 heteroatoms. The maximum atomic E-state index is 5.53. The number of ether oxygens (including phenoxy) is 1. The highest BCUT2D eigenvalue weighted by Crippen LogP contribution is 2.22. The highest BCUT2D eigenvalue weighted by molar-refractivity contribution is 9.10. The van der Waals surface area contributed by atoms with Crippen LogP contribution in [0.2, 0.25) is 0 Å². The first kappa shape index (κ1) is 11.9. The van der Waals surface area contributed by atoms with E-state index in [2.05, 4.69) is 32.1 Å². The van der Waals surface area contributed by atoms with Crippen molar-refractivity contribution in [1.82, 2.24) is 14.8 Å². The Kier molecular flexibility index (Phi) is 3.33. The number of anilines is 1. The van der Waals surface area contributed by atoms with Gasteiger partial charge >= 0.3 is 0 Å². The van der Waals surface area contributed by atoms with Crippen molar-refractivity contribution in [3.05, 3.63) is 34.1 Å². The lowest BCUT2D eigenvalue weighted by molar-refractivity contribution is 0.407. The van der Waals surface area contributed by atoms with Crippen molar-refractivity contribution in [3.8, 4) is 5.75 Å². The second-order valence-corrected chi connectivity index (χ2v) is 4.42. The maximum absolute atomic E-state index is 5.53. The summed E-state index contributed by atoms with van der Waals surface area (Å²) in [5.41, 5.74) is 7.74. The number of nitrogen functional groups attached to an aromatic ring is 1. The summed E-state index contributed by atoms with van der Waals surface area (Å²) in [6, 6.07) is 6.01. The maximum Gasteiger partial charge on any atom is 0.240 e. The standard InChI is InChI=1S/C11H13BrN4O/c1-7-3-4-9(17-2)8(5-7)6-16-10(12)14-11(13)15-16/h3-5H,6H2,1-2H3,(H2,13,15). The SMILES string of the molecule is COc1ccc(C)cc1Cn1nc(N)nc1Br. The number of benzene rings is 1. The molecule has 0 unspecified atom stereocenters. The molecular formula is C11H13BrN4O. The lowest BCUT2D eigenvalue weighted by Crippen LogP contribution is -2.04. The van der Waals surface area contributed by atoms with Crippen LogP contribution in [0.5, 0.6) is 5.75 Å². The van der Waals surface area contributed by atoms with Gasteiger partial charge < -0.3 is 10.5 Å². The molecule has 0 saturated heterocycles. The van der Waals surface area contributed by atoms with Gasteiger partial charge in [0.1, 0.15) is 5.75 Å². The Morgan fingerprint density at radius 1 is 1.47 bits per heavy atom. The molecule has 2 aromatic rings. The van der Waals surface area contributed by atoms with Crippen LogP contribution in [0.25, 0.3) is 0 Å². The third kappa shape index (κ3) is 2.58. The number of methoxy groups -OCH3 is 1. The highest BCUT2D eigenvalue weighted by Gasteiger charge is 2.09. The lowest BCUT2D eigenvalue weighted by Gasteiger charge is -2.09. The fourth-order valence-corrected chi connectivity index (χ4v) is 2.02. The topological polar surface area (TPSA) is 66.0 Å². The van der Waals surface area contributed by atoms with E-state index >= 15 is 0 Å². The van der Waals surface area contributed by atoms with Gasteiger partial charge in [0.2, 0.25) is 5.95 Å². The van der Waals surface area contributed by atoms with E-state index in [1.807, 2.05) is 19.1 Å². The molecule has 1 aromatic heterocycles. The average molecular weight is 297 g/mol. The number of nitrogens with zero attached hydrogens (tertiary/aromatic N) is 3. The Balaban J connectivity index is 2.35. The number of aromatic nitrogens is 3. The molecule has 0 atom stereocenters. The monoisotopic (exact) mass is 296 g/mol. The fraction of sp³-hybridized carbons (Fsp3) is 0.273. The molecule has 90 valence electrons. The molecule has 17 heavy (non-hydrogen) atoms. The van der Waals surface area contributed by atoms with Crippen molar-refractivity contribution in [1.29, 1.82) is 0 Å². The molecule has 0 saturated carbocycles. The minimum absolute atomic E-state index is 0.253. The zero-order valence-corrected chi connectivity index (χ0v) is 11.2. The molecule has 2 N–H and O–H groups in total. The lowest BCUT2D eigenvalue weighted by atomic mass is 10.1. The van der Waals surface area contributed by atoms with Crippen molar-refractivity contribution >= 4 is 21.9 Å². The summed E-state index contributed by atoms with van der Waals surface area (Å²) in [6.45, 7) is 2.60. The first-order valence-corrected chi connectivity index (χ1v) is 5.89. The summed E-state index contributed by atoms with van der Waals surface area (Å²) in [6.07, 6.45) is 0. The number of rotatable bonds is 3. The van der Waals surface area contributed by atoms with Crippen molar-refractivity contribution in [3.63, 3.8) is 0 Å². The zero-order valence-electron chi connectivity index (χ0n) is 9.64. The minimum Gasteiger partial charge on any atom is -0.496 e. The largest absolute Gasteiger partial charge is 0.496 e. The summed E-state index contributed by atoms with van der Waals surface area (Å²) < 4.78 is 7.61. The van der Waals surface area contributed by atoms with Gasteiger partial charge in [0, 0.05) is 5.56 Å². The van der Waals surface area contributed by atoms with Gasteiger partial charge in [-0.2, -0.15) is 4.98 Å². The van der Waals surface area contributed by atoms with Crippen LogP contribution in [-0.2, 0) is 6.54 Å². The molecule has 0 aliphatic carbocycles. The van der Waals surface area contributed by atoms with Crippen LogP contribution in [0.1, 0.15) is 11.1 Å². The second kappa shape index (κ2) is 4.75. The number of nitrogens with two attached hydrogens (primary N) is 1. The van der Waals surface area contributed by atoms with Crippen molar-refractivity contribution in [2.24, 2.45) is 0 Å². The molecule has 0 amide bonds. The Hall–Kier alpha value is -1.56. The predicted octanol–water partition coefficient (Wildman–Crippen LogP) is 1.99. The molecule has 0 bridgehead atoms. The van der Waals surface area contributed by atoms with Crippen LogP contribution < -0.4 is 10.5 Å². The molecule has 0 spiro atoms. The molecule has 1 aromatic carbocycles. The third-order valence-electron chi connectivity index (χ3n) is 2.40. The molecule has 0 fully saturated rings. The summed E-state index contributed by atoms with van der Waals surface area (Å²) in [7, 11) is 1.65. The zero-order chi connectivity index (χ0) is 12.4. The van der Waals surface area contributed by atoms with E-state index in [0.29, 0.717) is 11.3 Å². The first-order chi connectivity index (χ1) is 8.10. The predicted molar refractivity (Wildman–Crippen MR) is 69.0 cm³/mol. The van der Waals surface area contributed by atoms with Gasteiger partial charge in [0.05, 0.1) is 13.7 Å². The third-order valence-corrected chi connectivity index (χ3v) is 2.99. The highest BCUT2D eigenvalue weighted by atomic mass is 79.9. The summed E-state index contributed by atoms with van der Waals surface area (Å²) in [4.78, 5) is 3.99. The van der Waals surface area contributed by atoms with Gasteiger partial charge in [0.15, 0.2) is 4.73 Å². The van der Waals surface area contributed by atoms with Crippen LogP contribution in [0.4, 0.5) is 5.95 Å². The summed E-state index contributed by atoms with van der Waals surface area (Å²) >= 11 is 3.31. The van der Waals surface area contributed by atoms with E-state index in [-0.39, 0.29) is 5.95 Å². The van der Waals surface area contributed by atoms with Gasteiger partial charge in [-0.25, -0.2) is 4.68 Å². The smallest absolute Gasteiger partial charge is 0.240 e. The Morgan fingerprint density at radius 3 is 2.82 bits per heavy atom. The fourth-order valence-electron chi connectivity index (χ4n) is 1.63. The van der Waals surface area contributed by atoms with E-state index in [0.717, 1.165) is 11.3 Å². The van der Waals surface area contributed by atoms with Crippen molar-refractivity contribution in [2.45, 2.75) is 13.5 Å². The van der Waals surface area contributed by atoms with Crippen molar-refractivity contribution < 1.29 is 4.74 Å². The molecule has 5 nitrogen and oxygen atoms in total. The molecule has 2 rings (SSSR count). The summed E-state index contributed by atoms with van der Waals surface area (Å²) in [5, 5.41) is 4.09. The van der Waals surface area contributed by atoms with E-state index in [9.17, 15) is 0 Å². The quantitative estimate of drug-likeness (QED) is 0.941. The van der Waals surface area contributed by atoms with E-state index in [1.165, 1.54) is 5.56 Å². The van der Waals surface area contributed by atoms with Crippen molar-refractivity contribution in [2.75, 3.05) is 12.8 Å². The van der Waals surface area contributed by atoms with E-state index in [1.54, 1.807) is 11.8 Å². The summed E-state index contributed by atoms with van der Waals surface area (Å²) in [5.74, 6) is 1.08. The molecule has 1 heterocycles. The number of halogens is 1. The van der Waals surface area contributed by atoms with Gasteiger partial charge in [-0.1, -0.05) is 17.7 Å². The Labute approximate surface area is 108 Å². The Bertz CT molecular complexity index is 538. The van der Waals surface area contributed by atoms with Gasteiger partial charge in [-0.05, 0) is 28.9 Å². The minimum atomic E-state index is 0.253. The van der Waals surface area contributed by atoms with Crippen LogP contribution in [0.3, 0.4) is 0 Å². The van der Waals surface area contributed by atoms with Gasteiger partial charge in [0.25, 0.3) is 0 Å². The van der Waals surface area contributed by atoms with Crippen LogP contribution in [0, 0.1) is 6.92 Å². The molecular weight excluding hydrogens is 284 g/mol. The van der Waals surface area contributed by atoms with E-state index < -0.39 is 0 Å². The molecule has 0 aliphatic heterocycles. The van der Waals surface area contributed by atoms with Crippen LogP contribution in [-0.4, -0.2) is 21.9 Å². The number of hydrogen-bond donors (Lipinski definition) is 1. The normalized spacial score (nSPS) is 10.5. The van der Waals surface area contributed by atoms with Gasteiger partial charge in [-0.3, -0.25) is 0 Å². The number of aryl methyl sites for hydroxylation is 1. The van der Waals surface area contributed by atoms with Gasteiger partial charge in [-0.15, -0.1) is 5.10 Å². The average Bonchev–Trinajstić information content (AvgIpc) is 2.58. The second-order valence-electron chi connectivity index (χ2n) is 3.71. The van der Waals surface area contributed by atoms with Crippen LogP contribution >= 0.6 is 15.9 Å². The first-order valence-electron chi connectivity index (χ1n) is 5.09. The molecule has 0 radical (unpaired) electrons. The number of hydrogen-bond acceptors (Lipinski definition) is 4.